The molecule has 0 heterocycles. The summed E-state index contributed by atoms with van der Waals surface area (Å²) >= 11 is 0. The number of carbonyl (C=O) groups excluding carboxylic acids is 1. The Morgan fingerprint density at radius 3 is 2.33 bits per heavy atom. The zero-order valence-electron chi connectivity index (χ0n) is 12.1. The van der Waals surface area contributed by atoms with Crippen molar-refractivity contribution in [3.8, 4) is 0 Å². The zero-order chi connectivity index (χ0) is 16.4. The minimum Gasteiger partial charge on any atom is -0.338 e. The summed E-state index contributed by atoms with van der Waals surface area (Å²) in [7, 11) is -4.37. The van der Waals surface area contributed by atoms with Crippen LogP contribution in [-0.4, -0.2) is 32.3 Å². The van der Waals surface area contributed by atoms with Gasteiger partial charge in [-0.15, -0.1) is 0 Å². The summed E-state index contributed by atoms with van der Waals surface area (Å²) in [5.41, 5.74) is -0.899. The Kier molecular flexibility index (Phi) is 5.41. The largest absolute Gasteiger partial charge is 0.338 e. The molecule has 1 aromatic rings. The Balaban J connectivity index is 3.39. The van der Waals surface area contributed by atoms with Gasteiger partial charge in [0.05, 0.1) is 0 Å². The molecule has 0 aromatic heterocycles. The van der Waals surface area contributed by atoms with E-state index < -0.39 is 38.0 Å². The highest BCUT2D eigenvalue weighted by Crippen LogP contribution is 2.22. The Labute approximate surface area is 122 Å². The molecule has 0 bridgehead atoms. The van der Waals surface area contributed by atoms with Crippen LogP contribution in [0.3, 0.4) is 0 Å². The maximum atomic E-state index is 14.2. The Morgan fingerprint density at radius 2 is 1.90 bits per heavy atom. The van der Waals surface area contributed by atoms with Crippen LogP contribution in [0.2, 0.25) is 0 Å². The van der Waals surface area contributed by atoms with Crippen LogP contribution in [-0.2, 0) is 10.0 Å². The maximum absolute atomic E-state index is 14.2. The number of sulfonamides is 1. The van der Waals surface area contributed by atoms with E-state index >= 15 is 0 Å². The van der Waals surface area contributed by atoms with Crippen molar-refractivity contribution in [3.63, 3.8) is 0 Å². The Bertz CT molecular complexity index is 645. The minimum atomic E-state index is -4.37. The summed E-state index contributed by atoms with van der Waals surface area (Å²) < 4.78 is 50.4. The van der Waals surface area contributed by atoms with Gasteiger partial charge in [0.2, 0.25) is 10.0 Å². The second-order valence-electron chi connectivity index (χ2n) is 5.02. The smallest absolute Gasteiger partial charge is 0.259 e. The molecular weight excluding hydrogens is 302 g/mol. The van der Waals surface area contributed by atoms with Crippen molar-refractivity contribution in [2.45, 2.75) is 25.7 Å². The third kappa shape index (κ3) is 3.98. The molecule has 0 aliphatic rings. The number of amides is 1. The summed E-state index contributed by atoms with van der Waals surface area (Å²) in [6, 6.07) is 1.43. The molecule has 0 saturated carbocycles. The first kappa shape index (κ1) is 17.5. The van der Waals surface area contributed by atoms with Crippen LogP contribution in [0.4, 0.5) is 8.78 Å². The highest BCUT2D eigenvalue weighted by Gasteiger charge is 2.28. The normalized spacial score (nSPS) is 11.8. The molecule has 0 fully saturated rings. The molecular formula is C13H18F2N2O3S. The van der Waals surface area contributed by atoms with E-state index in [1.807, 2.05) is 13.8 Å². The van der Waals surface area contributed by atoms with Crippen LogP contribution in [0, 0.1) is 17.6 Å². The first-order valence-electron chi connectivity index (χ1n) is 6.39. The van der Waals surface area contributed by atoms with Gasteiger partial charge in [-0.2, -0.15) is 0 Å². The molecule has 1 aromatic carbocycles. The number of hydrogen-bond donors (Lipinski definition) is 1. The molecule has 21 heavy (non-hydrogen) atoms. The van der Waals surface area contributed by atoms with Crippen LogP contribution < -0.4 is 5.14 Å². The third-order valence-electron chi connectivity index (χ3n) is 2.83. The van der Waals surface area contributed by atoms with E-state index in [2.05, 4.69) is 0 Å². The molecule has 1 rings (SSSR count). The van der Waals surface area contributed by atoms with Gasteiger partial charge in [-0.25, -0.2) is 22.3 Å². The molecule has 0 aliphatic heterocycles. The number of nitrogens with two attached hydrogens (primary N) is 1. The summed E-state index contributed by atoms with van der Waals surface area (Å²) in [6.45, 7) is 5.91. The van der Waals surface area contributed by atoms with Gasteiger partial charge in [0.1, 0.15) is 16.3 Å². The lowest BCUT2D eigenvalue weighted by atomic mass is 10.1. The summed E-state index contributed by atoms with van der Waals surface area (Å²) in [4.78, 5) is 12.6. The van der Waals surface area contributed by atoms with Crippen LogP contribution >= 0.6 is 0 Å². The SMILES string of the molecule is CCN(CC(C)C)C(=O)c1c(F)ccc(S(N)(=O)=O)c1F. The first-order valence-corrected chi connectivity index (χ1v) is 7.94. The van der Waals surface area contributed by atoms with E-state index in [9.17, 15) is 22.0 Å². The third-order valence-corrected chi connectivity index (χ3v) is 3.76. The van der Waals surface area contributed by atoms with Gasteiger partial charge >= 0.3 is 0 Å². The van der Waals surface area contributed by atoms with Gasteiger partial charge in [-0.05, 0) is 25.0 Å². The lowest BCUT2D eigenvalue weighted by molar-refractivity contribution is 0.0735. The Morgan fingerprint density at radius 1 is 1.33 bits per heavy atom. The van der Waals surface area contributed by atoms with Gasteiger partial charge in [0, 0.05) is 13.1 Å². The fraction of sp³-hybridized carbons (Fsp3) is 0.462. The van der Waals surface area contributed by atoms with Crippen LogP contribution in [0.25, 0.3) is 0 Å². The predicted octanol–water partition coefficient (Wildman–Crippen LogP) is 1.73. The van der Waals surface area contributed by atoms with Crippen molar-refractivity contribution in [1.29, 1.82) is 0 Å². The van der Waals surface area contributed by atoms with E-state index in [1.54, 1.807) is 6.92 Å². The topological polar surface area (TPSA) is 80.5 Å². The van der Waals surface area contributed by atoms with Crippen molar-refractivity contribution in [2.75, 3.05) is 13.1 Å². The second kappa shape index (κ2) is 6.48. The minimum absolute atomic E-state index is 0.0986. The van der Waals surface area contributed by atoms with E-state index in [0.29, 0.717) is 12.6 Å². The second-order valence-corrected chi connectivity index (χ2v) is 6.55. The molecule has 0 spiro atoms. The number of benzene rings is 1. The molecule has 8 heteroatoms. The number of nitrogens with zero attached hydrogens (tertiary/aromatic N) is 1. The molecule has 0 unspecified atom stereocenters. The fourth-order valence-corrected chi connectivity index (χ4v) is 2.51. The van der Waals surface area contributed by atoms with E-state index in [1.165, 1.54) is 4.90 Å². The van der Waals surface area contributed by atoms with Crippen LogP contribution in [0.5, 0.6) is 0 Å². The number of primary sulfonamides is 1. The lowest BCUT2D eigenvalue weighted by Gasteiger charge is -2.23. The van der Waals surface area contributed by atoms with Crippen LogP contribution in [0.1, 0.15) is 31.1 Å². The molecule has 118 valence electrons. The summed E-state index contributed by atoms with van der Waals surface area (Å²) in [5, 5.41) is 4.85. The molecule has 0 atom stereocenters. The Hall–Kier alpha value is -1.54. The monoisotopic (exact) mass is 320 g/mol. The van der Waals surface area contributed by atoms with Crippen molar-refractivity contribution in [3.05, 3.63) is 29.3 Å². The zero-order valence-corrected chi connectivity index (χ0v) is 12.9. The number of rotatable bonds is 5. The van der Waals surface area contributed by atoms with Crippen molar-refractivity contribution >= 4 is 15.9 Å². The van der Waals surface area contributed by atoms with Gasteiger partial charge < -0.3 is 4.90 Å². The van der Waals surface area contributed by atoms with Gasteiger partial charge in [-0.3, -0.25) is 4.79 Å². The molecule has 2 N–H and O–H groups in total. The number of halogens is 2. The summed E-state index contributed by atoms with van der Waals surface area (Å²) in [6.07, 6.45) is 0. The van der Waals surface area contributed by atoms with Crippen molar-refractivity contribution in [1.82, 2.24) is 4.90 Å². The average molecular weight is 320 g/mol. The number of hydrogen-bond acceptors (Lipinski definition) is 3. The van der Waals surface area contributed by atoms with E-state index in [0.717, 1.165) is 6.07 Å². The summed E-state index contributed by atoms with van der Waals surface area (Å²) in [5.74, 6) is -3.37. The highest BCUT2D eigenvalue weighted by molar-refractivity contribution is 7.89. The number of carbonyl (C=O) groups is 1. The maximum Gasteiger partial charge on any atom is 0.259 e. The van der Waals surface area contributed by atoms with Crippen molar-refractivity contribution in [2.24, 2.45) is 11.1 Å². The van der Waals surface area contributed by atoms with Gasteiger partial charge in [-0.1, -0.05) is 13.8 Å². The fourth-order valence-electron chi connectivity index (χ4n) is 1.90. The molecule has 0 saturated heterocycles. The first-order chi connectivity index (χ1) is 9.59. The molecule has 5 nitrogen and oxygen atoms in total. The van der Waals surface area contributed by atoms with Gasteiger partial charge in [0.25, 0.3) is 5.91 Å². The lowest BCUT2D eigenvalue weighted by Crippen LogP contribution is -2.35. The molecule has 1 amide bonds. The quantitative estimate of drug-likeness (QED) is 0.897. The van der Waals surface area contributed by atoms with Crippen LogP contribution in [0.15, 0.2) is 17.0 Å². The average Bonchev–Trinajstić information content (AvgIpc) is 2.33. The van der Waals surface area contributed by atoms with Crippen molar-refractivity contribution < 1.29 is 22.0 Å². The van der Waals surface area contributed by atoms with Gasteiger partial charge in [0.15, 0.2) is 5.82 Å². The standard InChI is InChI=1S/C13H18F2N2O3S/c1-4-17(7-8(2)3)13(18)11-9(14)5-6-10(12(11)15)21(16,19)20/h5-6,8H,4,7H2,1-3H3,(H2,16,19,20). The van der Waals surface area contributed by atoms with E-state index in [-0.39, 0.29) is 12.5 Å². The highest BCUT2D eigenvalue weighted by atomic mass is 32.2. The molecule has 0 aliphatic carbocycles. The van der Waals surface area contributed by atoms with E-state index in [4.69, 9.17) is 5.14 Å². The predicted molar refractivity (Wildman–Crippen MR) is 74.1 cm³/mol. The molecule has 0 radical (unpaired) electrons.